The lowest BCUT2D eigenvalue weighted by molar-refractivity contribution is 0.188. The van der Waals surface area contributed by atoms with Crippen LogP contribution < -0.4 is 15.0 Å². The van der Waals surface area contributed by atoms with E-state index < -0.39 is 11.6 Å². The number of nitrogens with zero attached hydrogens (tertiary/aromatic N) is 4. The van der Waals surface area contributed by atoms with Crippen LogP contribution in [0.25, 0.3) is 32.8 Å². The fraction of sp³-hybridized carbons (Fsp3) is 0.419. The van der Waals surface area contributed by atoms with Crippen LogP contribution in [-0.2, 0) is 0 Å². The number of halogens is 2. The van der Waals surface area contributed by atoms with Crippen molar-refractivity contribution in [3.8, 4) is 22.9 Å². The molecule has 40 heavy (non-hydrogen) atoms. The van der Waals surface area contributed by atoms with Crippen molar-refractivity contribution in [1.82, 2.24) is 20.2 Å². The second-order valence-corrected chi connectivity index (χ2v) is 11.9. The van der Waals surface area contributed by atoms with Crippen LogP contribution in [0.4, 0.5) is 14.6 Å². The Bertz CT molecular complexity index is 1630. The van der Waals surface area contributed by atoms with Crippen LogP contribution in [-0.4, -0.2) is 70.9 Å². The summed E-state index contributed by atoms with van der Waals surface area (Å²) in [5.74, 6) is -1.09. The number of ether oxygens (including phenoxy) is 1. The average molecular weight is 546 g/mol. The highest BCUT2D eigenvalue weighted by Gasteiger charge is 2.42. The number of piperazine rings is 1. The van der Waals surface area contributed by atoms with Crippen molar-refractivity contribution in [3.05, 3.63) is 54.1 Å². The molecule has 4 aromatic rings. The number of hydrogen-bond donors (Lipinski definition) is 2. The lowest BCUT2D eigenvalue weighted by Crippen LogP contribution is -2.58. The Kier molecular flexibility index (Phi) is 6.05. The molecule has 2 N–H and O–H groups in total. The van der Waals surface area contributed by atoms with Gasteiger partial charge in [-0.2, -0.15) is 9.97 Å². The number of rotatable bonds is 5. The summed E-state index contributed by atoms with van der Waals surface area (Å²) in [6.45, 7) is 4.95. The molecule has 0 radical (unpaired) electrons. The summed E-state index contributed by atoms with van der Waals surface area (Å²) in [4.78, 5) is 13.6. The molecule has 2 bridgehead atoms. The van der Waals surface area contributed by atoms with Gasteiger partial charge < -0.3 is 25.0 Å². The molecule has 0 aliphatic carbocycles. The molecule has 208 valence electrons. The number of hydrogen-bond acceptors (Lipinski definition) is 7. The summed E-state index contributed by atoms with van der Waals surface area (Å²) in [5.41, 5.74) is -0.0289. The number of likely N-dealkylation sites (N-methyl/N-ethyl adjacent to an activating group) is 1. The Morgan fingerprint density at radius 1 is 1.12 bits per heavy atom. The summed E-state index contributed by atoms with van der Waals surface area (Å²) < 4.78 is 38.6. The Morgan fingerprint density at radius 3 is 2.77 bits per heavy atom. The first-order valence-electron chi connectivity index (χ1n) is 14.1. The number of benzene rings is 3. The topological polar surface area (TPSA) is 73.8 Å². The molecule has 0 spiro atoms. The SMILES string of the molecule is CN1CCC[C@@H]1COc1nc(N2CC3CC[C@@](C)(C2)N3)c2cc(F)c(-c3cc(O)cc4ccccc34)c(F)c2n1. The number of aromatic nitrogens is 2. The highest BCUT2D eigenvalue weighted by atomic mass is 19.1. The fourth-order valence-electron chi connectivity index (χ4n) is 6.88. The minimum absolute atomic E-state index is 0.0135. The maximum absolute atomic E-state index is 16.5. The Labute approximate surface area is 231 Å². The van der Waals surface area contributed by atoms with E-state index in [4.69, 9.17) is 9.72 Å². The molecule has 0 amide bonds. The van der Waals surface area contributed by atoms with Gasteiger partial charge in [-0.05, 0) is 80.7 Å². The van der Waals surface area contributed by atoms with Crippen LogP contribution in [0, 0.1) is 11.6 Å². The monoisotopic (exact) mass is 545 g/mol. The van der Waals surface area contributed by atoms with Gasteiger partial charge >= 0.3 is 6.01 Å². The van der Waals surface area contributed by atoms with E-state index in [2.05, 4.69) is 34.1 Å². The van der Waals surface area contributed by atoms with Gasteiger partial charge in [-0.3, -0.25) is 0 Å². The standard InChI is InChI=1S/C31H33F2N5O2/c1-31-10-9-19(36-31)15-38(17-31)29-24-14-25(32)26(23-13-21(39)12-18-6-3-4-8-22(18)23)27(33)28(24)34-30(35-29)40-16-20-7-5-11-37(20)2/h3-4,6,8,12-14,19-20,36,39H,5,7,9-11,15-17H2,1-2H3/t19?,20-,31+/m1/s1. The number of phenols is 1. The molecular weight excluding hydrogens is 512 g/mol. The smallest absolute Gasteiger partial charge is 0.319 e. The van der Waals surface area contributed by atoms with Gasteiger partial charge in [0.25, 0.3) is 0 Å². The number of nitrogens with one attached hydrogen (secondary N) is 1. The first-order chi connectivity index (χ1) is 19.3. The quantitative estimate of drug-likeness (QED) is 0.356. The molecule has 7 nitrogen and oxygen atoms in total. The molecule has 0 saturated carbocycles. The number of aromatic hydroxyl groups is 1. The van der Waals surface area contributed by atoms with Gasteiger partial charge in [0.15, 0.2) is 5.82 Å². The molecule has 1 aromatic heterocycles. The minimum Gasteiger partial charge on any atom is -0.508 e. The van der Waals surface area contributed by atoms with Gasteiger partial charge in [0.2, 0.25) is 0 Å². The van der Waals surface area contributed by atoms with E-state index >= 15 is 8.78 Å². The van der Waals surface area contributed by atoms with Crippen molar-refractivity contribution in [1.29, 1.82) is 0 Å². The van der Waals surface area contributed by atoms with Gasteiger partial charge in [0.1, 0.15) is 29.5 Å². The van der Waals surface area contributed by atoms with Crippen molar-refractivity contribution >= 4 is 27.5 Å². The van der Waals surface area contributed by atoms with Crippen LogP contribution >= 0.6 is 0 Å². The van der Waals surface area contributed by atoms with E-state index in [-0.39, 0.29) is 46.0 Å². The van der Waals surface area contributed by atoms with E-state index in [0.29, 0.717) is 41.7 Å². The first kappa shape index (κ1) is 25.4. The number of anilines is 1. The summed E-state index contributed by atoms with van der Waals surface area (Å²) in [6, 6.07) is 12.2. The van der Waals surface area contributed by atoms with E-state index in [1.165, 1.54) is 12.1 Å². The molecule has 3 saturated heterocycles. The van der Waals surface area contributed by atoms with Gasteiger partial charge in [-0.25, -0.2) is 8.78 Å². The largest absolute Gasteiger partial charge is 0.508 e. The molecule has 3 fully saturated rings. The third-order valence-electron chi connectivity index (χ3n) is 8.91. The zero-order valence-corrected chi connectivity index (χ0v) is 22.8. The highest BCUT2D eigenvalue weighted by Crippen LogP contribution is 2.41. The van der Waals surface area contributed by atoms with Gasteiger partial charge in [-0.15, -0.1) is 0 Å². The van der Waals surface area contributed by atoms with Crippen molar-refractivity contribution in [2.75, 3.05) is 38.2 Å². The predicted molar refractivity (Wildman–Crippen MR) is 152 cm³/mol. The lowest BCUT2D eigenvalue weighted by atomic mass is 9.95. The summed E-state index contributed by atoms with van der Waals surface area (Å²) >= 11 is 0. The van der Waals surface area contributed by atoms with Crippen LogP contribution in [0.2, 0.25) is 0 Å². The zero-order valence-electron chi connectivity index (χ0n) is 22.8. The van der Waals surface area contributed by atoms with E-state index in [1.807, 2.05) is 12.1 Å². The molecule has 9 heteroatoms. The van der Waals surface area contributed by atoms with E-state index in [1.54, 1.807) is 18.2 Å². The first-order valence-corrected chi connectivity index (χ1v) is 14.1. The molecule has 3 aliphatic heterocycles. The molecule has 7 rings (SSSR count). The van der Waals surface area contributed by atoms with Gasteiger partial charge in [-0.1, -0.05) is 24.3 Å². The third-order valence-corrected chi connectivity index (χ3v) is 8.91. The average Bonchev–Trinajstić information content (AvgIpc) is 3.47. The van der Waals surface area contributed by atoms with E-state index in [9.17, 15) is 5.11 Å². The van der Waals surface area contributed by atoms with Crippen LogP contribution in [0.3, 0.4) is 0 Å². The lowest BCUT2D eigenvalue weighted by Gasteiger charge is -2.40. The molecule has 3 atom stereocenters. The summed E-state index contributed by atoms with van der Waals surface area (Å²) in [7, 11) is 2.07. The number of likely N-dealkylation sites (tertiary alicyclic amines) is 1. The van der Waals surface area contributed by atoms with Gasteiger partial charge in [0, 0.05) is 36.1 Å². The summed E-state index contributed by atoms with van der Waals surface area (Å²) in [6.07, 6.45) is 4.20. The summed E-state index contributed by atoms with van der Waals surface area (Å²) in [5, 5.41) is 15.7. The minimum atomic E-state index is -0.790. The third kappa shape index (κ3) is 4.32. The molecule has 1 unspecified atom stereocenters. The normalized spacial score (nSPS) is 24.9. The van der Waals surface area contributed by atoms with Crippen LogP contribution in [0.15, 0.2) is 42.5 Å². The Hall–Kier alpha value is -3.56. The molecule has 3 aliphatic rings. The van der Waals surface area contributed by atoms with Crippen molar-refractivity contribution < 1.29 is 18.6 Å². The molecular formula is C31H33F2N5O2. The maximum Gasteiger partial charge on any atom is 0.319 e. The Morgan fingerprint density at radius 2 is 1.98 bits per heavy atom. The van der Waals surface area contributed by atoms with Gasteiger partial charge in [0.05, 0.1) is 5.56 Å². The number of fused-ring (bicyclic) bond motifs is 4. The predicted octanol–water partition coefficient (Wildman–Crippen LogP) is 5.24. The van der Waals surface area contributed by atoms with Crippen molar-refractivity contribution in [2.45, 2.75) is 50.2 Å². The number of phenolic OH excluding ortho intramolecular Hbond substituents is 1. The fourth-order valence-corrected chi connectivity index (χ4v) is 6.88. The molecule has 3 aromatic carbocycles. The molecule has 4 heterocycles. The van der Waals surface area contributed by atoms with E-state index in [0.717, 1.165) is 32.2 Å². The second kappa shape index (κ2) is 9.52. The van der Waals surface area contributed by atoms with Crippen LogP contribution in [0.5, 0.6) is 11.8 Å². The maximum atomic E-state index is 16.5. The van der Waals surface area contributed by atoms with Crippen LogP contribution in [0.1, 0.15) is 32.6 Å². The second-order valence-electron chi connectivity index (χ2n) is 11.9. The highest BCUT2D eigenvalue weighted by molar-refractivity contribution is 6.01. The Balaban J connectivity index is 1.39. The van der Waals surface area contributed by atoms with Crippen molar-refractivity contribution in [3.63, 3.8) is 0 Å². The van der Waals surface area contributed by atoms with Crippen molar-refractivity contribution in [2.24, 2.45) is 0 Å². The zero-order chi connectivity index (χ0) is 27.6.